The molecule has 0 aromatic carbocycles. The molecule has 0 aromatic rings. The van der Waals surface area contributed by atoms with Gasteiger partial charge in [0, 0.05) is 31.5 Å². The van der Waals surface area contributed by atoms with Gasteiger partial charge in [0.15, 0.2) is 0 Å². The highest BCUT2D eigenvalue weighted by Crippen LogP contribution is 2.05. The minimum atomic E-state index is 0.569. The van der Waals surface area contributed by atoms with Crippen molar-refractivity contribution in [3.05, 3.63) is 12.4 Å². The van der Waals surface area contributed by atoms with Crippen molar-refractivity contribution in [3.8, 4) is 0 Å². The topological polar surface area (TPSA) is 15.3 Å². The van der Waals surface area contributed by atoms with Crippen molar-refractivity contribution < 1.29 is 0 Å². The molecular formula is C7H14N2. The van der Waals surface area contributed by atoms with Crippen molar-refractivity contribution in [2.75, 3.05) is 7.05 Å². The maximum Gasteiger partial charge on any atom is 0.0452 e. The summed E-state index contributed by atoms with van der Waals surface area (Å²) in [7, 11) is 2.10. The average Bonchev–Trinajstić information content (AvgIpc) is 1.83. The predicted octanol–water partition coefficient (Wildman–Crippen LogP) is 0.770. The average molecular weight is 126 g/mol. The second-order valence-corrected chi connectivity index (χ2v) is 2.68. The van der Waals surface area contributed by atoms with Crippen LogP contribution in [0, 0.1) is 0 Å². The van der Waals surface area contributed by atoms with Crippen LogP contribution in [0.1, 0.15) is 13.8 Å². The first kappa shape index (κ1) is 6.46. The van der Waals surface area contributed by atoms with Crippen molar-refractivity contribution in [2.24, 2.45) is 0 Å². The number of nitrogens with zero attached hydrogens (tertiary/aromatic N) is 1. The fourth-order valence-electron chi connectivity index (χ4n) is 0.940. The summed E-state index contributed by atoms with van der Waals surface area (Å²) >= 11 is 0. The second kappa shape index (κ2) is 2.29. The third-order valence-electron chi connectivity index (χ3n) is 2.03. The Bertz CT molecular complexity index is 120. The largest absolute Gasteiger partial charge is 0.385 e. The molecule has 2 unspecified atom stereocenters. The summed E-state index contributed by atoms with van der Waals surface area (Å²) in [6.45, 7) is 4.39. The second-order valence-electron chi connectivity index (χ2n) is 2.68. The molecule has 2 nitrogen and oxygen atoms in total. The minimum absolute atomic E-state index is 0.569. The summed E-state index contributed by atoms with van der Waals surface area (Å²) < 4.78 is 0. The van der Waals surface area contributed by atoms with E-state index < -0.39 is 0 Å². The van der Waals surface area contributed by atoms with Crippen molar-refractivity contribution in [3.63, 3.8) is 0 Å². The van der Waals surface area contributed by atoms with Gasteiger partial charge in [-0.25, -0.2) is 0 Å². The first-order valence-electron chi connectivity index (χ1n) is 3.36. The number of hydrogen-bond acceptors (Lipinski definition) is 2. The van der Waals surface area contributed by atoms with Crippen LogP contribution in [-0.4, -0.2) is 24.0 Å². The van der Waals surface area contributed by atoms with E-state index in [0.29, 0.717) is 12.1 Å². The Balaban J connectivity index is 2.58. The molecule has 1 rings (SSSR count). The Kier molecular flexibility index (Phi) is 1.65. The van der Waals surface area contributed by atoms with Gasteiger partial charge in [0.05, 0.1) is 0 Å². The van der Waals surface area contributed by atoms with Crippen LogP contribution in [0.15, 0.2) is 12.4 Å². The van der Waals surface area contributed by atoms with E-state index in [1.54, 1.807) is 0 Å². The molecule has 1 N–H and O–H groups in total. The first-order chi connectivity index (χ1) is 4.22. The highest BCUT2D eigenvalue weighted by Gasteiger charge is 2.15. The van der Waals surface area contributed by atoms with E-state index in [1.807, 2.05) is 6.20 Å². The van der Waals surface area contributed by atoms with Crippen LogP contribution in [0.2, 0.25) is 0 Å². The van der Waals surface area contributed by atoms with Gasteiger partial charge in [-0.1, -0.05) is 0 Å². The molecule has 0 spiro atoms. The van der Waals surface area contributed by atoms with E-state index in [1.165, 1.54) is 0 Å². The number of hydrogen-bond donors (Lipinski definition) is 1. The SMILES string of the molecule is CC1NC=CN(C)C1C. The molecule has 0 amide bonds. The van der Waals surface area contributed by atoms with Crippen molar-refractivity contribution in [1.82, 2.24) is 10.2 Å². The van der Waals surface area contributed by atoms with Gasteiger partial charge in [-0.2, -0.15) is 0 Å². The molecule has 52 valence electrons. The van der Waals surface area contributed by atoms with E-state index in [2.05, 4.69) is 37.3 Å². The van der Waals surface area contributed by atoms with Gasteiger partial charge in [0.1, 0.15) is 0 Å². The van der Waals surface area contributed by atoms with Gasteiger partial charge < -0.3 is 10.2 Å². The smallest absolute Gasteiger partial charge is 0.0452 e. The maximum atomic E-state index is 3.24. The quantitative estimate of drug-likeness (QED) is 0.515. The number of likely N-dealkylation sites (N-methyl/N-ethyl adjacent to an activating group) is 1. The maximum absolute atomic E-state index is 3.24. The molecule has 0 bridgehead atoms. The van der Waals surface area contributed by atoms with E-state index in [-0.39, 0.29) is 0 Å². The first-order valence-corrected chi connectivity index (χ1v) is 3.36. The van der Waals surface area contributed by atoms with Crippen molar-refractivity contribution in [2.45, 2.75) is 25.9 Å². The summed E-state index contributed by atoms with van der Waals surface area (Å²) in [5, 5.41) is 3.24. The van der Waals surface area contributed by atoms with Gasteiger partial charge in [-0.05, 0) is 13.8 Å². The molecule has 1 aliphatic rings. The molecule has 2 atom stereocenters. The number of rotatable bonds is 0. The normalized spacial score (nSPS) is 34.3. The van der Waals surface area contributed by atoms with Crippen LogP contribution >= 0.6 is 0 Å². The monoisotopic (exact) mass is 126 g/mol. The van der Waals surface area contributed by atoms with Crippen LogP contribution < -0.4 is 5.32 Å². The van der Waals surface area contributed by atoms with Gasteiger partial charge in [-0.15, -0.1) is 0 Å². The molecule has 0 radical (unpaired) electrons. The van der Waals surface area contributed by atoms with E-state index in [4.69, 9.17) is 0 Å². The molecule has 2 heteroatoms. The lowest BCUT2D eigenvalue weighted by Gasteiger charge is -2.32. The lowest BCUT2D eigenvalue weighted by atomic mass is 10.1. The van der Waals surface area contributed by atoms with E-state index in [9.17, 15) is 0 Å². The number of nitrogens with one attached hydrogen (secondary N) is 1. The zero-order valence-electron chi connectivity index (χ0n) is 6.26. The Labute approximate surface area is 56.5 Å². The van der Waals surface area contributed by atoms with Crippen LogP contribution in [0.25, 0.3) is 0 Å². The molecule has 9 heavy (non-hydrogen) atoms. The summed E-state index contributed by atoms with van der Waals surface area (Å²) in [6, 6.07) is 1.18. The molecule has 0 aliphatic carbocycles. The molecule has 0 saturated carbocycles. The summed E-state index contributed by atoms with van der Waals surface area (Å²) in [5.74, 6) is 0. The van der Waals surface area contributed by atoms with Gasteiger partial charge in [-0.3, -0.25) is 0 Å². The van der Waals surface area contributed by atoms with Gasteiger partial charge in [0.25, 0.3) is 0 Å². The fourth-order valence-corrected chi connectivity index (χ4v) is 0.940. The molecule has 1 aliphatic heterocycles. The Morgan fingerprint density at radius 1 is 1.44 bits per heavy atom. The molecule has 0 fully saturated rings. The minimum Gasteiger partial charge on any atom is -0.385 e. The standard InChI is InChI=1S/C7H14N2/c1-6-7(2)9(3)5-4-8-6/h4-8H,1-3H3. The zero-order valence-corrected chi connectivity index (χ0v) is 6.26. The third kappa shape index (κ3) is 1.18. The van der Waals surface area contributed by atoms with Crippen LogP contribution in [0.5, 0.6) is 0 Å². The highest BCUT2D eigenvalue weighted by molar-refractivity contribution is 4.93. The van der Waals surface area contributed by atoms with Crippen LogP contribution in [0.4, 0.5) is 0 Å². The predicted molar refractivity (Wildman–Crippen MR) is 39.0 cm³/mol. The zero-order chi connectivity index (χ0) is 6.85. The van der Waals surface area contributed by atoms with Crippen LogP contribution in [0.3, 0.4) is 0 Å². The molecule has 0 saturated heterocycles. The lowest BCUT2D eigenvalue weighted by Crippen LogP contribution is -2.44. The van der Waals surface area contributed by atoms with Crippen molar-refractivity contribution in [1.29, 1.82) is 0 Å². The van der Waals surface area contributed by atoms with E-state index in [0.717, 1.165) is 0 Å². The lowest BCUT2D eigenvalue weighted by molar-refractivity contribution is 0.275. The van der Waals surface area contributed by atoms with Gasteiger partial charge in [0.2, 0.25) is 0 Å². The van der Waals surface area contributed by atoms with Crippen molar-refractivity contribution >= 4 is 0 Å². The van der Waals surface area contributed by atoms with Crippen LogP contribution in [-0.2, 0) is 0 Å². The highest BCUT2D eigenvalue weighted by atomic mass is 15.2. The summed E-state index contributed by atoms with van der Waals surface area (Å²) in [6.07, 6.45) is 4.05. The fraction of sp³-hybridized carbons (Fsp3) is 0.714. The third-order valence-corrected chi connectivity index (χ3v) is 2.03. The molecule has 1 heterocycles. The Hall–Kier alpha value is -0.660. The Morgan fingerprint density at radius 3 is 2.56 bits per heavy atom. The van der Waals surface area contributed by atoms with E-state index >= 15 is 0 Å². The molecular weight excluding hydrogens is 112 g/mol. The van der Waals surface area contributed by atoms with Gasteiger partial charge >= 0.3 is 0 Å². The Morgan fingerprint density at radius 2 is 2.11 bits per heavy atom. The summed E-state index contributed by atoms with van der Waals surface area (Å²) in [5.41, 5.74) is 0. The summed E-state index contributed by atoms with van der Waals surface area (Å²) in [4.78, 5) is 2.21. The molecule has 0 aromatic heterocycles.